The summed E-state index contributed by atoms with van der Waals surface area (Å²) in [5, 5.41) is 10.1. The van der Waals surface area contributed by atoms with Gasteiger partial charge in [-0.1, -0.05) is 48.0 Å². The molecule has 0 saturated heterocycles. The first-order valence-corrected chi connectivity index (χ1v) is 8.65. The molecule has 1 aliphatic heterocycles. The fourth-order valence-electron chi connectivity index (χ4n) is 2.89. The van der Waals surface area contributed by atoms with E-state index in [1.807, 2.05) is 50.2 Å². The summed E-state index contributed by atoms with van der Waals surface area (Å²) in [7, 11) is 0. The number of allylic oxidation sites excluding steroid dienone is 1. The van der Waals surface area contributed by atoms with E-state index in [9.17, 15) is 4.79 Å². The maximum atomic E-state index is 13.0. The zero-order valence-corrected chi connectivity index (χ0v) is 15.5. The lowest BCUT2D eigenvalue weighted by atomic mass is 9.92. The van der Waals surface area contributed by atoms with Gasteiger partial charge < -0.3 is 16.0 Å². The number of thiocarbonyl (C=S) groups is 1. The maximum Gasteiger partial charge on any atom is 0.255 e. The van der Waals surface area contributed by atoms with E-state index < -0.39 is 0 Å². The summed E-state index contributed by atoms with van der Waals surface area (Å²) in [6, 6.07) is 14.8. The monoisotopic (exact) mass is 371 g/mol. The SMILES string of the molecule is CC1=C(C(=O)Nc2ccccc2Cl)C(c2ccccc2C)NC(=S)N1. The minimum atomic E-state index is -0.322. The van der Waals surface area contributed by atoms with Gasteiger partial charge in [-0.3, -0.25) is 4.79 Å². The number of carbonyl (C=O) groups excluding carboxylic acids is 1. The van der Waals surface area contributed by atoms with Crippen molar-refractivity contribution in [2.24, 2.45) is 0 Å². The van der Waals surface area contributed by atoms with E-state index >= 15 is 0 Å². The van der Waals surface area contributed by atoms with Gasteiger partial charge in [-0.05, 0) is 49.3 Å². The Labute approximate surface area is 157 Å². The summed E-state index contributed by atoms with van der Waals surface area (Å²) in [6.07, 6.45) is 0. The highest BCUT2D eigenvalue weighted by atomic mass is 35.5. The van der Waals surface area contributed by atoms with E-state index in [0.29, 0.717) is 21.4 Å². The first-order chi connectivity index (χ1) is 12.0. The third-order valence-corrected chi connectivity index (χ3v) is 4.68. The third kappa shape index (κ3) is 3.67. The second-order valence-electron chi connectivity index (χ2n) is 5.86. The van der Waals surface area contributed by atoms with E-state index in [1.165, 1.54) is 0 Å². The molecule has 6 heteroatoms. The zero-order valence-electron chi connectivity index (χ0n) is 13.9. The lowest BCUT2D eigenvalue weighted by molar-refractivity contribution is -0.113. The van der Waals surface area contributed by atoms with Crippen molar-refractivity contribution in [1.29, 1.82) is 0 Å². The normalized spacial score (nSPS) is 16.9. The molecule has 2 aromatic carbocycles. The molecule has 0 bridgehead atoms. The number of para-hydroxylation sites is 1. The van der Waals surface area contributed by atoms with Gasteiger partial charge in [0.2, 0.25) is 0 Å². The molecule has 0 saturated carbocycles. The maximum absolute atomic E-state index is 13.0. The third-order valence-electron chi connectivity index (χ3n) is 4.14. The van der Waals surface area contributed by atoms with Crippen molar-refractivity contribution in [2.45, 2.75) is 19.9 Å². The lowest BCUT2D eigenvalue weighted by Gasteiger charge is -2.31. The van der Waals surface area contributed by atoms with Crippen LogP contribution in [0.1, 0.15) is 24.1 Å². The first kappa shape index (κ1) is 17.5. The topological polar surface area (TPSA) is 53.2 Å². The van der Waals surface area contributed by atoms with E-state index in [-0.39, 0.29) is 11.9 Å². The van der Waals surface area contributed by atoms with E-state index in [2.05, 4.69) is 16.0 Å². The summed E-state index contributed by atoms with van der Waals surface area (Å²) >= 11 is 11.4. The largest absolute Gasteiger partial charge is 0.351 e. The molecule has 0 radical (unpaired) electrons. The lowest BCUT2D eigenvalue weighted by Crippen LogP contribution is -2.46. The van der Waals surface area contributed by atoms with Crippen LogP contribution in [-0.2, 0) is 4.79 Å². The molecule has 3 N–H and O–H groups in total. The second-order valence-corrected chi connectivity index (χ2v) is 6.68. The van der Waals surface area contributed by atoms with Gasteiger partial charge in [0.1, 0.15) is 0 Å². The van der Waals surface area contributed by atoms with E-state index in [0.717, 1.165) is 16.8 Å². The summed E-state index contributed by atoms with van der Waals surface area (Å²) in [5.74, 6) is -0.221. The first-order valence-electron chi connectivity index (χ1n) is 7.87. The predicted molar refractivity (Wildman–Crippen MR) is 106 cm³/mol. The fourth-order valence-corrected chi connectivity index (χ4v) is 3.34. The van der Waals surface area contributed by atoms with Crippen molar-refractivity contribution in [1.82, 2.24) is 10.6 Å². The molecular weight excluding hydrogens is 354 g/mol. The standard InChI is InChI=1S/C19H18ClN3OS/c1-11-7-3-4-8-13(11)17-16(12(2)21-19(25)23-17)18(24)22-15-10-6-5-9-14(15)20/h3-10,17H,1-2H3,(H,22,24)(H2,21,23,25). The molecule has 1 aliphatic rings. The minimum Gasteiger partial charge on any atom is -0.351 e. The van der Waals surface area contributed by atoms with Gasteiger partial charge in [-0.2, -0.15) is 0 Å². The van der Waals surface area contributed by atoms with Crippen molar-refractivity contribution >= 4 is 40.5 Å². The average Bonchev–Trinajstić information content (AvgIpc) is 2.56. The fraction of sp³-hybridized carbons (Fsp3) is 0.158. The Morgan fingerprint density at radius 2 is 1.80 bits per heavy atom. The summed E-state index contributed by atoms with van der Waals surface area (Å²) in [5.41, 5.74) is 3.98. The van der Waals surface area contributed by atoms with Crippen molar-refractivity contribution in [3.05, 3.63) is 76.0 Å². The van der Waals surface area contributed by atoms with Gasteiger partial charge in [0, 0.05) is 5.70 Å². The van der Waals surface area contributed by atoms with Gasteiger partial charge in [-0.15, -0.1) is 0 Å². The number of amides is 1. The molecule has 4 nitrogen and oxygen atoms in total. The van der Waals surface area contributed by atoms with Gasteiger partial charge >= 0.3 is 0 Å². The van der Waals surface area contributed by atoms with Crippen LogP contribution in [0.25, 0.3) is 0 Å². The highest BCUT2D eigenvalue weighted by Gasteiger charge is 2.30. The van der Waals surface area contributed by atoms with Crippen LogP contribution in [-0.4, -0.2) is 11.0 Å². The van der Waals surface area contributed by atoms with Crippen LogP contribution in [0.2, 0.25) is 5.02 Å². The molecule has 1 amide bonds. The quantitative estimate of drug-likeness (QED) is 0.711. The number of anilines is 1. The van der Waals surface area contributed by atoms with Crippen LogP contribution in [0, 0.1) is 6.92 Å². The number of aryl methyl sites for hydroxylation is 1. The zero-order chi connectivity index (χ0) is 18.0. The Morgan fingerprint density at radius 3 is 2.52 bits per heavy atom. The molecule has 1 atom stereocenters. The number of rotatable bonds is 3. The van der Waals surface area contributed by atoms with Crippen LogP contribution >= 0.6 is 23.8 Å². The van der Waals surface area contributed by atoms with Crippen LogP contribution in [0.5, 0.6) is 0 Å². The molecular formula is C19H18ClN3OS. The van der Waals surface area contributed by atoms with Crippen LogP contribution < -0.4 is 16.0 Å². The number of carbonyl (C=O) groups is 1. The van der Waals surface area contributed by atoms with Gasteiger partial charge in [0.15, 0.2) is 5.11 Å². The average molecular weight is 372 g/mol. The Hall–Kier alpha value is -2.37. The van der Waals surface area contributed by atoms with Crippen molar-refractivity contribution in [2.75, 3.05) is 5.32 Å². The number of halogens is 1. The smallest absolute Gasteiger partial charge is 0.255 e. The van der Waals surface area contributed by atoms with Crippen LogP contribution in [0.4, 0.5) is 5.69 Å². The number of nitrogens with one attached hydrogen (secondary N) is 3. The number of hydrogen-bond donors (Lipinski definition) is 3. The summed E-state index contributed by atoms with van der Waals surface area (Å²) in [4.78, 5) is 13.0. The molecule has 0 fully saturated rings. The molecule has 2 aromatic rings. The van der Waals surface area contributed by atoms with Gasteiger partial charge in [-0.25, -0.2) is 0 Å². The highest BCUT2D eigenvalue weighted by Crippen LogP contribution is 2.30. The molecule has 1 heterocycles. The Bertz CT molecular complexity index is 878. The Balaban J connectivity index is 1.99. The number of benzene rings is 2. The van der Waals surface area contributed by atoms with Crippen molar-refractivity contribution < 1.29 is 4.79 Å². The molecule has 25 heavy (non-hydrogen) atoms. The Morgan fingerprint density at radius 1 is 1.12 bits per heavy atom. The van der Waals surface area contributed by atoms with Gasteiger partial charge in [0.05, 0.1) is 22.3 Å². The van der Waals surface area contributed by atoms with Crippen LogP contribution in [0.3, 0.4) is 0 Å². The summed E-state index contributed by atoms with van der Waals surface area (Å²) < 4.78 is 0. The molecule has 0 aliphatic carbocycles. The number of hydrogen-bond acceptors (Lipinski definition) is 2. The molecule has 128 valence electrons. The molecule has 3 rings (SSSR count). The second kappa shape index (κ2) is 7.25. The van der Waals surface area contributed by atoms with Crippen molar-refractivity contribution in [3.8, 4) is 0 Å². The van der Waals surface area contributed by atoms with E-state index in [1.54, 1.807) is 12.1 Å². The molecule has 0 aromatic heterocycles. The minimum absolute atomic E-state index is 0.221. The van der Waals surface area contributed by atoms with E-state index in [4.69, 9.17) is 23.8 Å². The molecule has 0 spiro atoms. The Kier molecular flexibility index (Phi) is 5.06. The van der Waals surface area contributed by atoms with Crippen molar-refractivity contribution in [3.63, 3.8) is 0 Å². The van der Waals surface area contributed by atoms with Crippen LogP contribution in [0.15, 0.2) is 59.8 Å². The molecule has 1 unspecified atom stereocenters. The summed E-state index contributed by atoms with van der Waals surface area (Å²) in [6.45, 7) is 3.86. The highest BCUT2D eigenvalue weighted by molar-refractivity contribution is 7.80. The predicted octanol–water partition coefficient (Wildman–Crippen LogP) is 4.08. The van der Waals surface area contributed by atoms with Gasteiger partial charge in [0.25, 0.3) is 5.91 Å².